The summed E-state index contributed by atoms with van der Waals surface area (Å²) in [6.45, 7) is 7.92. The van der Waals surface area contributed by atoms with Crippen molar-refractivity contribution in [2.45, 2.75) is 65.5 Å². The van der Waals surface area contributed by atoms with E-state index in [0.717, 1.165) is 15.9 Å². The Labute approximate surface area is 232 Å². The van der Waals surface area contributed by atoms with Crippen LogP contribution in [0, 0.1) is 0 Å². The average Bonchev–Trinajstić information content (AvgIpc) is 3.41. The summed E-state index contributed by atoms with van der Waals surface area (Å²) < 4.78 is 23.4. The van der Waals surface area contributed by atoms with Crippen LogP contribution in [0.4, 0.5) is 4.79 Å². The quantitative estimate of drug-likeness (QED) is 0.374. The van der Waals surface area contributed by atoms with Crippen LogP contribution in [0.1, 0.15) is 73.4 Å². The van der Waals surface area contributed by atoms with E-state index >= 15 is 0 Å². The fourth-order valence-corrected chi connectivity index (χ4v) is 3.99. The number of benzene rings is 1. The molecule has 0 bridgehead atoms. The zero-order valence-corrected chi connectivity index (χ0v) is 23.3. The lowest BCUT2D eigenvalue weighted by Gasteiger charge is -2.31. The Morgan fingerprint density at radius 1 is 1.12 bits per heavy atom. The third kappa shape index (κ3) is 8.30. The molecule has 1 saturated heterocycles. The average molecular weight is 560 g/mol. The molecule has 1 fully saturated rings. The van der Waals surface area contributed by atoms with Crippen LogP contribution in [0.15, 0.2) is 41.3 Å². The molecule has 0 atom stereocenters. The molecule has 2 N–H and O–H groups in total. The molecule has 3 rings (SSSR count). The summed E-state index contributed by atoms with van der Waals surface area (Å²) in [5, 5.41) is 13.6. The van der Waals surface area contributed by atoms with Gasteiger partial charge < -0.3 is 29.4 Å². The third-order valence-electron chi connectivity index (χ3n) is 5.77. The lowest BCUT2D eigenvalue weighted by Crippen LogP contribution is -2.48. The number of amides is 2. The highest BCUT2D eigenvalue weighted by molar-refractivity contribution is 5.98. The van der Waals surface area contributed by atoms with Crippen LogP contribution in [0.25, 0.3) is 0 Å². The van der Waals surface area contributed by atoms with Crippen molar-refractivity contribution in [1.82, 2.24) is 9.99 Å². The number of pyridine rings is 1. The Morgan fingerprint density at radius 3 is 2.40 bits per heavy atom. The van der Waals surface area contributed by atoms with Gasteiger partial charge in [-0.3, -0.25) is 9.59 Å². The maximum Gasteiger partial charge on any atom is 0.429 e. The summed E-state index contributed by atoms with van der Waals surface area (Å²) in [6.07, 6.45) is 1.42. The first-order valence-corrected chi connectivity index (χ1v) is 13.2. The molecule has 2 aromatic rings. The fraction of sp³-hybridized carbons (Fsp3) is 0.500. The first kappa shape index (κ1) is 30.6. The topological polar surface area (TPSA) is 146 Å². The van der Waals surface area contributed by atoms with Crippen LogP contribution in [-0.2, 0) is 20.8 Å². The number of carboxylic acids is 1. The number of carbonyl (C=O) groups is 3. The van der Waals surface area contributed by atoms with Crippen LogP contribution in [0.5, 0.6) is 5.75 Å². The van der Waals surface area contributed by atoms with Crippen molar-refractivity contribution in [1.29, 1.82) is 0 Å². The highest BCUT2D eigenvalue weighted by atomic mass is 16.7. The number of aromatic carboxylic acids is 1. The van der Waals surface area contributed by atoms with Crippen molar-refractivity contribution in [3.8, 4) is 5.75 Å². The van der Waals surface area contributed by atoms with Crippen molar-refractivity contribution in [2.75, 3.05) is 31.3 Å². The molecule has 218 valence electrons. The van der Waals surface area contributed by atoms with Gasteiger partial charge in [-0.2, -0.15) is 0 Å². The van der Waals surface area contributed by atoms with Gasteiger partial charge >= 0.3 is 12.1 Å². The first-order valence-electron chi connectivity index (χ1n) is 13.2. The van der Waals surface area contributed by atoms with Crippen LogP contribution in [-0.4, -0.2) is 65.9 Å². The molecule has 12 nitrogen and oxygen atoms in total. The van der Waals surface area contributed by atoms with Crippen molar-refractivity contribution < 1.29 is 38.4 Å². The maximum absolute atomic E-state index is 13.4. The zero-order valence-electron chi connectivity index (χ0n) is 23.3. The van der Waals surface area contributed by atoms with E-state index in [1.54, 1.807) is 52.0 Å². The second-order valence-electron chi connectivity index (χ2n) is 10.1. The molecule has 2 heterocycles. The number of ether oxygens (including phenoxy) is 4. The summed E-state index contributed by atoms with van der Waals surface area (Å²) in [5.41, 5.74) is -2.18. The Morgan fingerprint density at radius 2 is 1.80 bits per heavy atom. The molecule has 0 spiro atoms. The van der Waals surface area contributed by atoms with Gasteiger partial charge in [-0.05, 0) is 52.5 Å². The molecular formula is C28H37N3O9. The highest BCUT2D eigenvalue weighted by Crippen LogP contribution is 2.21. The number of aromatic nitrogens is 1. The van der Waals surface area contributed by atoms with Gasteiger partial charge in [0, 0.05) is 19.3 Å². The second kappa shape index (κ2) is 13.9. The van der Waals surface area contributed by atoms with E-state index in [0.29, 0.717) is 38.0 Å². The van der Waals surface area contributed by atoms with E-state index in [9.17, 15) is 24.3 Å². The van der Waals surface area contributed by atoms with Crippen LogP contribution in [0.2, 0.25) is 0 Å². The lowest BCUT2D eigenvalue weighted by molar-refractivity contribution is -0.0478. The number of carbonyl (C=O) groups excluding carboxylic acids is 2. The van der Waals surface area contributed by atoms with Gasteiger partial charge in [0.15, 0.2) is 17.7 Å². The number of nitrogens with zero attached hydrogens (tertiary/aromatic N) is 2. The van der Waals surface area contributed by atoms with E-state index in [1.165, 1.54) is 0 Å². The number of unbranched alkanes of at least 4 members (excludes halogenated alkanes) is 1. The molecular weight excluding hydrogens is 522 g/mol. The molecule has 0 unspecified atom stereocenters. The van der Waals surface area contributed by atoms with Gasteiger partial charge in [0.25, 0.3) is 5.91 Å². The van der Waals surface area contributed by atoms with E-state index < -0.39 is 40.3 Å². The standard InChI is InChI=1S/C28H37N3O9/c1-5-29-25(33)22-24(39-18-19-11-7-6-8-12-19)23(32)20(26(34)35)17-31(22)30(27(36)40-28(2,3)4)14-10-9-13-21-37-15-16-38-21/h6-8,11-12,17,21H,5,9-10,13-16,18H2,1-4H3,(H,29,33)(H,34,35). The summed E-state index contributed by atoms with van der Waals surface area (Å²) >= 11 is 0. The predicted molar refractivity (Wildman–Crippen MR) is 145 cm³/mol. The van der Waals surface area contributed by atoms with Crippen LogP contribution in [0.3, 0.4) is 0 Å². The highest BCUT2D eigenvalue weighted by Gasteiger charge is 2.32. The molecule has 2 amide bonds. The Bertz CT molecular complexity index is 1230. The van der Waals surface area contributed by atoms with Gasteiger partial charge in [-0.15, -0.1) is 0 Å². The molecule has 40 heavy (non-hydrogen) atoms. The summed E-state index contributed by atoms with van der Waals surface area (Å²) in [7, 11) is 0. The molecule has 0 saturated carbocycles. The van der Waals surface area contributed by atoms with E-state index in [4.69, 9.17) is 18.9 Å². The van der Waals surface area contributed by atoms with Crippen LogP contribution >= 0.6 is 0 Å². The van der Waals surface area contributed by atoms with Gasteiger partial charge in [-0.25, -0.2) is 19.3 Å². The summed E-state index contributed by atoms with van der Waals surface area (Å²) in [6, 6.07) is 8.89. The molecule has 1 aliphatic heterocycles. The minimum Gasteiger partial charge on any atom is -0.482 e. The number of rotatable bonds is 12. The largest absolute Gasteiger partial charge is 0.482 e. The lowest BCUT2D eigenvalue weighted by atomic mass is 10.2. The monoisotopic (exact) mass is 559 g/mol. The predicted octanol–water partition coefficient (Wildman–Crippen LogP) is 3.29. The fourth-order valence-electron chi connectivity index (χ4n) is 3.99. The number of carboxylic acid groups (broad SMARTS) is 1. The Hall–Kier alpha value is -3.90. The first-order chi connectivity index (χ1) is 19.0. The van der Waals surface area contributed by atoms with Crippen molar-refractivity contribution in [3.05, 3.63) is 63.6 Å². The van der Waals surface area contributed by atoms with Crippen molar-refractivity contribution >= 4 is 18.0 Å². The maximum atomic E-state index is 13.4. The molecule has 12 heteroatoms. The zero-order chi connectivity index (χ0) is 29.3. The molecule has 1 aromatic heterocycles. The molecule has 0 radical (unpaired) electrons. The van der Waals surface area contributed by atoms with Crippen LogP contribution < -0.4 is 20.5 Å². The second-order valence-corrected chi connectivity index (χ2v) is 10.1. The van der Waals surface area contributed by atoms with Crippen molar-refractivity contribution in [3.63, 3.8) is 0 Å². The third-order valence-corrected chi connectivity index (χ3v) is 5.77. The Balaban J connectivity index is 2.08. The summed E-state index contributed by atoms with van der Waals surface area (Å²) in [4.78, 5) is 52.2. The molecule has 0 aliphatic carbocycles. The number of hydrogen-bond acceptors (Lipinski definition) is 8. The van der Waals surface area contributed by atoms with E-state index in [-0.39, 0.29) is 31.7 Å². The van der Waals surface area contributed by atoms with Crippen molar-refractivity contribution in [2.24, 2.45) is 0 Å². The van der Waals surface area contributed by atoms with E-state index in [2.05, 4.69) is 5.32 Å². The van der Waals surface area contributed by atoms with Gasteiger partial charge in [0.05, 0.1) is 13.2 Å². The SMILES string of the molecule is CCNC(=O)c1c(OCc2ccccc2)c(=O)c(C(=O)O)cn1N(CCCCC1OCCO1)C(=O)OC(C)(C)C. The van der Waals surface area contributed by atoms with Gasteiger partial charge in [-0.1, -0.05) is 30.3 Å². The van der Waals surface area contributed by atoms with Gasteiger partial charge in [0.1, 0.15) is 17.8 Å². The van der Waals surface area contributed by atoms with Gasteiger partial charge in [0.2, 0.25) is 5.43 Å². The van der Waals surface area contributed by atoms with E-state index in [1.807, 2.05) is 6.07 Å². The number of nitrogens with one attached hydrogen (secondary N) is 1. The minimum absolute atomic E-state index is 0.0358. The smallest absolute Gasteiger partial charge is 0.429 e. The summed E-state index contributed by atoms with van der Waals surface area (Å²) in [5.74, 6) is -2.75. The molecule has 1 aliphatic rings. The normalized spacial score (nSPS) is 13.6. The number of hydrogen-bond donors (Lipinski definition) is 2. The molecule has 1 aromatic carbocycles. The minimum atomic E-state index is -1.54. The Kier molecular flexibility index (Phi) is 10.7.